The minimum Gasteiger partial charge on any atom is -0.376 e. The van der Waals surface area contributed by atoms with Crippen molar-refractivity contribution in [2.24, 2.45) is 0 Å². The van der Waals surface area contributed by atoms with E-state index in [0.717, 1.165) is 47.4 Å². The fourth-order valence-electron chi connectivity index (χ4n) is 4.19. The standard InChI is InChI=1S/C30H32N2O3/c1-23-7-5-10-26(19-23)22-32(30(34)17-14-24-8-3-2-4-9-24)27-15-12-25(13-16-27)20-29(33)31-21-28-11-6-18-35-28/h2-5,7-10,12-17,19,28H,6,11,18,20-22H2,1H3,(H,31,33)/b17-14+. The second-order valence-electron chi connectivity index (χ2n) is 8.94. The van der Waals surface area contributed by atoms with Crippen molar-refractivity contribution in [3.8, 4) is 0 Å². The van der Waals surface area contributed by atoms with Crippen molar-refractivity contribution in [2.75, 3.05) is 18.1 Å². The van der Waals surface area contributed by atoms with E-state index in [0.29, 0.717) is 19.5 Å². The molecule has 1 aliphatic rings. The Kier molecular flexibility index (Phi) is 8.47. The summed E-state index contributed by atoms with van der Waals surface area (Å²) < 4.78 is 5.56. The normalized spacial score (nSPS) is 15.3. The molecule has 1 unspecified atom stereocenters. The molecule has 0 spiro atoms. The highest BCUT2D eigenvalue weighted by molar-refractivity contribution is 6.03. The number of amides is 2. The minimum absolute atomic E-state index is 0.0215. The van der Waals surface area contributed by atoms with Gasteiger partial charge in [-0.25, -0.2) is 0 Å². The van der Waals surface area contributed by atoms with Crippen molar-refractivity contribution in [3.63, 3.8) is 0 Å². The van der Waals surface area contributed by atoms with Crippen LogP contribution in [-0.4, -0.2) is 31.1 Å². The first-order chi connectivity index (χ1) is 17.1. The van der Waals surface area contributed by atoms with E-state index in [1.165, 1.54) is 0 Å². The number of nitrogens with zero attached hydrogens (tertiary/aromatic N) is 1. The van der Waals surface area contributed by atoms with Gasteiger partial charge in [0.25, 0.3) is 5.91 Å². The summed E-state index contributed by atoms with van der Waals surface area (Å²) in [5.41, 5.74) is 4.88. The largest absolute Gasteiger partial charge is 0.376 e. The van der Waals surface area contributed by atoms with Crippen LogP contribution in [-0.2, 0) is 27.3 Å². The number of carbonyl (C=O) groups is 2. The quantitative estimate of drug-likeness (QED) is 0.446. The third-order valence-corrected chi connectivity index (χ3v) is 6.07. The van der Waals surface area contributed by atoms with Crippen molar-refractivity contribution in [2.45, 2.75) is 38.8 Å². The minimum atomic E-state index is -0.0996. The summed E-state index contributed by atoms with van der Waals surface area (Å²) in [6.45, 7) is 3.84. The lowest BCUT2D eigenvalue weighted by Gasteiger charge is -2.22. The van der Waals surface area contributed by atoms with Gasteiger partial charge in [-0.2, -0.15) is 0 Å². The van der Waals surface area contributed by atoms with Gasteiger partial charge >= 0.3 is 0 Å². The third-order valence-electron chi connectivity index (χ3n) is 6.07. The van der Waals surface area contributed by atoms with Crippen LogP contribution in [0.4, 0.5) is 5.69 Å². The maximum Gasteiger partial charge on any atom is 0.251 e. The molecule has 4 rings (SSSR count). The van der Waals surface area contributed by atoms with E-state index in [4.69, 9.17) is 4.74 Å². The highest BCUT2D eigenvalue weighted by Gasteiger charge is 2.17. The number of nitrogens with one attached hydrogen (secondary N) is 1. The summed E-state index contributed by atoms with van der Waals surface area (Å²) in [7, 11) is 0. The van der Waals surface area contributed by atoms with Crippen molar-refractivity contribution < 1.29 is 14.3 Å². The number of carbonyl (C=O) groups excluding carboxylic acids is 2. The molecule has 1 saturated heterocycles. The first kappa shape index (κ1) is 24.4. The zero-order valence-corrected chi connectivity index (χ0v) is 20.2. The number of hydrogen-bond acceptors (Lipinski definition) is 3. The fourth-order valence-corrected chi connectivity index (χ4v) is 4.19. The van der Waals surface area contributed by atoms with Crippen LogP contribution in [0.25, 0.3) is 6.08 Å². The number of hydrogen-bond donors (Lipinski definition) is 1. The molecule has 0 saturated carbocycles. The molecule has 180 valence electrons. The van der Waals surface area contributed by atoms with Crippen LogP contribution in [0.15, 0.2) is 84.9 Å². The summed E-state index contributed by atoms with van der Waals surface area (Å²) in [6.07, 6.45) is 5.92. The van der Waals surface area contributed by atoms with E-state index in [-0.39, 0.29) is 17.9 Å². The van der Waals surface area contributed by atoms with Crippen LogP contribution < -0.4 is 10.2 Å². The maximum atomic E-state index is 13.2. The van der Waals surface area contributed by atoms with E-state index in [1.54, 1.807) is 11.0 Å². The van der Waals surface area contributed by atoms with Gasteiger partial charge in [-0.3, -0.25) is 9.59 Å². The molecule has 0 bridgehead atoms. The lowest BCUT2D eigenvalue weighted by atomic mass is 10.1. The van der Waals surface area contributed by atoms with Gasteiger partial charge in [0.15, 0.2) is 0 Å². The molecule has 0 radical (unpaired) electrons. The summed E-state index contributed by atoms with van der Waals surface area (Å²) >= 11 is 0. The molecular weight excluding hydrogens is 436 g/mol. The Balaban J connectivity index is 1.46. The molecule has 1 atom stereocenters. The van der Waals surface area contributed by atoms with E-state index in [1.807, 2.05) is 85.8 Å². The molecule has 2 amide bonds. The molecule has 1 fully saturated rings. The molecule has 1 aliphatic heterocycles. The predicted molar refractivity (Wildman–Crippen MR) is 140 cm³/mol. The maximum absolute atomic E-state index is 13.2. The van der Waals surface area contributed by atoms with Crippen molar-refractivity contribution in [1.29, 1.82) is 0 Å². The number of ether oxygens (including phenoxy) is 1. The Morgan fingerprint density at radius 1 is 1.00 bits per heavy atom. The van der Waals surface area contributed by atoms with Gasteiger partial charge in [-0.05, 0) is 54.7 Å². The molecule has 5 nitrogen and oxygen atoms in total. The summed E-state index contributed by atoms with van der Waals surface area (Å²) in [5, 5.41) is 2.96. The Morgan fingerprint density at radius 3 is 2.51 bits per heavy atom. The predicted octanol–water partition coefficient (Wildman–Crippen LogP) is 5.08. The van der Waals surface area contributed by atoms with Crippen molar-refractivity contribution in [3.05, 3.63) is 107 Å². The van der Waals surface area contributed by atoms with Gasteiger partial charge in [0.1, 0.15) is 0 Å². The van der Waals surface area contributed by atoms with Crippen LogP contribution in [0.3, 0.4) is 0 Å². The van der Waals surface area contributed by atoms with Crippen LogP contribution in [0.2, 0.25) is 0 Å². The van der Waals surface area contributed by atoms with E-state index in [2.05, 4.69) is 11.4 Å². The molecule has 35 heavy (non-hydrogen) atoms. The van der Waals surface area contributed by atoms with Crippen LogP contribution in [0.1, 0.15) is 35.1 Å². The lowest BCUT2D eigenvalue weighted by molar-refractivity contribution is -0.121. The fraction of sp³-hybridized carbons (Fsp3) is 0.267. The summed E-state index contributed by atoms with van der Waals surface area (Å²) in [6, 6.07) is 25.6. The molecule has 1 N–H and O–H groups in total. The molecule has 5 heteroatoms. The zero-order chi connectivity index (χ0) is 24.5. The van der Waals surface area contributed by atoms with Gasteiger partial charge in [-0.15, -0.1) is 0 Å². The second kappa shape index (κ2) is 12.1. The molecule has 3 aromatic rings. The number of rotatable bonds is 9. The Bertz CT molecular complexity index is 1150. The van der Waals surface area contributed by atoms with E-state index in [9.17, 15) is 9.59 Å². The van der Waals surface area contributed by atoms with Gasteiger partial charge in [0.2, 0.25) is 5.91 Å². The molecule has 3 aromatic carbocycles. The van der Waals surface area contributed by atoms with Gasteiger partial charge < -0.3 is 15.0 Å². The molecule has 1 heterocycles. The Labute approximate surface area is 207 Å². The smallest absolute Gasteiger partial charge is 0.251 e. The SMILES string of the molecule is Cc1cccc(CN(C(=O)/C=C/c2ccccc2)c2ccc(CC(=O)NCC3CCCO3)cc2)c1. The van der Waals surface area contributed by atoms with Crippen LogP contribution in [0.5, 0.6) is 0 Å². The van der Waals surface area contributed by atoms with Crippen LogP contribution >= 0.6 is 0 Å². The molecule has 0 aromatic heterocycles. The average molecular weight is 469 g/mol. The van der Waals surface area contributed by atoms with Gasteiger partial charge in [-0.1, -0.05) is 72.3 Å². The highest BCUT2D eigenvalue weighted by atomic mass is 16.5. The summed E-state index contributed by atoms with van der Waals surface area (Å²) in [5.74, 6) is -0.121. The average Bonchev–Trinajstić information content (AvgIpc) is 3.40. The van der Waals surface area contributed by atoms with Crippen molar-refractivity contribution >= 4 is 23.6 Å². The van der Waals surface area contributed by atoms with Gasteiger partial charge in [0.05, 0.1) is 19.1 Å². The van der Waals surface area contributed by atoms with Crippen LogP contribution in [0, 0.1) is 6.92 Å². The topological polar surface area (TPSA) is 58.6 Å². The van der Waals surface area contributed by atoms with Crippen molar-refractivity contribution in [1.82, 2.24) is 5.32 Å². The Morgan fingerprint density at radius 2 is 1.80 bits per heavy atom. The second-order valence-corrected chi connectivity index (χ2v) is 8.94. The van der Waals surface area contributed by atoms with E-state index < -0.39 is 0 Å². The lowest BCUT2D eigenvalue weighted by Crippen LogP contribution is -2.32. The number of anilines is 1. The number of benzene rings is 3. The monoisotopic (exact) mass is 468 g/mol. The summed E-state index contributed by atoms with van der Waals surface area (Å²) in [4.78, 5) is 27.4. The third kappa shape index (κ3) is 7.39. The first-order valence-corrected chi connectivity index (χ1v) is 12.1. The van der Waals surface area contributed by atoms with E-state index >= 15 is 0 Å². The van der Waals surface area contributed by atoms with Gasteiger partial charge in [0, 0.05) is 24.9 Å². The molecule has 0 aliphatic carbocycles. The molecular formula is C30H32N2O3. The number of aryl methyl sites for hydroxylation is 1. The zero-order valence-electron chi connectivity index (χ0n) is 20.2. The Hall–Kier alpha value is -3.70. The first-order valence-electron chi connectivity index (χ1n) is 12.1. The highest BCUT2D eigenvalue weighted by Crippen LogP contribution is 2.20.